The lowest BCUT2D eigenvalue weighted by Gasteiger charge is -2.19. The largest absolute Gasteiger partial charge is 0.490 e. The number of carbonyl (C=O) groups excluding carboxylic acids is 1. The van der Waals surface area contributed by atoms with E-state index in [0.717, 1.165) is 26.2 Å². The van der Waals surface area contributed by atoms with Gasteiger partial charge < -0.3 is 15.3 Å². The summed E-state index contributed by atoms with van der Waals surface area (Å²) in [4.78, 5) is 22.7. The highest BCUT2D eigenvalue weighted by atomic mass is 19.4. The van der Waals surface area contributed by atoms with E-state index in [9.17, 15) is 18.0 Å². The molecule has 0 aromatic heterocycles. The van der Waals surface area contributed by atoms with E-state index in [-0.39, 0.29) is 0 Å². The molecule has 0 bridgehead atoms. The van der Waals surface area contributed by atoms with Gasteiger partial charge in [0.2, 0.25) is 5.91 Å². The zero-order chi connectivity index (χ0) is 15.5. The Morgan fingerprint density at radius 3 is 1.90 bits per heavy atom. The predicted molar refractivity (Wildman–Crippen MR) is 65.0 cm³/mol. The molecular formula is C12H19F3N2O3. The van der Waals surface area contributed by atoms with E-state index in [2.05, 4.69) is 19.2 Å². The molecule has 0 aromatic carbocycles. The van der Waals surface area contributed by atoms with Crippen molar-refractivity contribution >= 4 is 11.9 Å². The minimum absolute atomic E-state index is 0.362. The Bertz CT molecular complexity index is 359. The normalized spacial score (nSPS) is 27.1. The van der Waals surface area contributed by atoms with Crippen LogP contribution in [-0.4, -0.2) is 54.2 Å². The number of fused-ring (bicyclic) bond motifs is 1. The molecule has 1 heterocycles. The van der Waals surface area contributed by atoms with Gasteiger partial charge in [-0.1, -0.05) is 0 Å². The van der Waals surface area contributed by atoms with Crippen LogP contribution in [-0.2, 0) is 9.59 Å². The zero-order valence-electron chi connectivity index (χ0n) is 11.4. The van der Waals surface area contributed by atoms with Gasteiger partial charge in [0.05, 0.1) is 0 Å². The van der Waals surface area contributed by atoms with Gasteiger partial charge in [0.25, 0.3) is 0 Å². The SMILES string of the molecule is CCN(CC)C(=O)[C@H]1[C@@H]2CNC[C@@H]21.O=C(O)C(F)(F)F. The molecule has 20 heavy (non-hydrogen) atoms. The molecule has 0 aromatic rings. The number of hydrogen-bond acceptors (Lipinski definition) is 3. The van der Waals surface area contributed by atoms with Crippen LogP contribution < -0.4 is 5.32 Å². The van der Waals surface area contributed by atoms with Crippen molar-refractivity contribution in [2.45, 2.75) is 20.0 Å². The Balaban J connectivity index is 0.000000246. The molecule has 1 amide bonds. The number of nitrogens with zero attached hydrogens (tertiary/aromatic N) is 1. The van der Waals surface area contributed by atoms with E-state index >= 15 is 0 Å². The van der Waals surface area contributed by atoms with Gasteiger partial charge in [-0.25, -0.2) is 4.79 Å². The third-order valence-corrected chi connectivity index (χ3v) is 3.69. The fourth-order valence-electron chi connectivity index (χ4n) is 2.53. The van der Waals surface area contributed by atoms with E-state index in [1.165, 1.54) is 0 Å². The quantitative estimate of drug-likeness (QED) is 0.813. The lowest BCUT2D eigenvalue weighted by atomic mass is 10.2. The van der Waals surface area contributed by atoms with Crippen molar-refractivity contribution in [2.24, 2.45) is 17.8 Å². The molecule has 0 radical (unpaired) electrons. The summed E-state index contributed by atoms with van der Waals surface area (Å²) in [5, 5.41) is 10.4. The van der Waals surface area contributed by atoms with Crippen LogP contribution in [0.5, 0.6) is 0 Å². The Morgan fingerprint density at radius 1 is 1.20 bits per heavy atom. The predicted octanol–water partition coefficient (Wildman–Crippen LogP) is 0.954. The van der Waals surface area contributed by atoms with Gasteiger partial charge in [0, 0.05) is 19.0 Å². The molecule has 2 N–H and O–H groups in total. The van der Waals surface area contributed by atoms with Gasteiger partial charge in [-0.15, -0.1) is 0 Å². The molecule has 1 saturated heterocycles. The summed E-state index contributed by atoms with van der Waals surface area (Å²) in [5.41, 5.74) is 0. The summed E-state index contributed by atoms with van der Waals surface area (Å²) < 4.78 is 31.7. The second kappa shape index (κ2) is 6.43. The zero-order valence-corrected chi connectivity index (χ0v) is 11.4. The number of hydrogen-bond donors (Lipinski definition) is 2. The number of carboxylic acid groups (broad SMARTS) is 1. The van der Waals surface area contributed by atoms with E-state index in [1.54, 1.807) is 0 Å². The summed E-state index contributed by atoms with van der Waals surface area (Å²) in [6.07, 6.45) is -5.08. The van der Waals surface area contributed by atoms with Crippen molar-refractivity contribution in [3.05, 3.63) is 0 Å². The van der Waals surface area contributed by atoms with Crippen LogP contribution in [0.15, 0.2) is 0 Å². The number of aliphatic carboxylic acids is 1. The number of carboxylic acids is 1. The van der Waals surface area contributed by atoms with Crippen LogP contribution in [0.1, 0.15) is 13.8 Å². The first kappa shape index (κ1) is 16.7. The first-order chi connectivity index (χ1) is 9.23. The third kappa shape index (κ3) is 3.84. The molecule has 2 rings (SSSR count). The van der Waals surface area contributed by atoms with Gasteiger partial charge in [-0.2, -0.15) is 13.2 Å². The minimum Gasteiger partial charge on any atom is -0.475 e. The van der Waals surface area contributed by atoms with Gasteiger partial charge in [0.15, 0.2) is 0 Å². The summed E-state index contributed by atoms with van der Waals surface area (Å²) in [6.45, 7) is 7.94. The van der Waals surface area contributed by atoms with Crippen molar-refractivity contribution in [1.29, 1.82) is 0 Å². The number of halogens is 3. The molecular weight excluding hydrogens is 277 g/mol. The number of alkyl halides is 3. The second-order valence-corrected chi connectivity index (χ2v) is 4.83. The van der Waals surface area contributed by atoms with Crippen LogP contribution in [0.3, 0.4) is 0 Å². The standard InChI is InChI=1S/C10H18N2O.C2HF3O2/c1-3-12(4-2)10(13)9-7-5-11-6-8(7)9;3-2(4,5)1(6)7/h7-9,11H,3-6H2,1-2H3;(H,6,7)/t7-,8+,9+;. The third-order valence-electron chi connectivity index (χ3n) is 3.69. The molecule has 8 heteroatoms. The smallest absolute Gasteiger partial charge is 0.475 e. The first-order valence-corrected chi connectivity index (χ1v) is 6.53. The van der Waals surface area contributed by atoms with Crippen molar-refractivity contribution in [3.8, 4) is 0 Å². The molecule has 2 fully saturated rings. The molecule has 1 aliphatic heterocycles. The molecule has 3 atom stereocenters. The van der Waals surface area contributed by atoms with Crippen molar-refractivity contribution < 1.29 is 27.9 Å². The van der Waals surface area contributed by atoms with Gasteiger partial charge in [-0.05, 0) is 38.8 Å². The van der Waals surface area contributed by atoms with E-state index in [0.29, 0.717) is 23.7 Å². The van der Waals surface area contributed by atoms with Crippen LogP contribution >= 0.6 is 0 Å². The Kier molecular flexibility index (Phi) is 5.38. The van der Waals surface area contributed by atoms with Gasteiger partial charge in [-0.3, -0.25) is 4.79 Å². The second-order valence-electron chi connectivity index (χ2n) is 4.83. The summed E-state index contributed by atoms with van der Waals surface area (Å²) in [6, 6.07) is 0. The van der Waals surface area contributed by atoms with Crippen molar-refractivity contribution in [1.82, 2.24) is 10.2 Å². The van der Waals surface area contributed by atoms with E-state index in [1.807, 2.05) is 4.90 Å². The first-order valence-electron chi connectivity index (χ1n) is 6.53. The van der Waals surface area contributed by atoms with Crippen LogP contribution in [0.25, 0.3) is 0 Å². The molecule has 2 aliphatic rings. The van der Waals surface area contributed by atoms with Crippen molar-refractivity contribution in [3.63, 3.8) is 0 Å². The van der Waals surface area contributed by atoms with Gasteiger partial charge in [0.1, 0.15) is 0 Å². The molecule has 1 aliphatic carbocycles. The number of carbonyl (C=O) groups is 2. The maximum absolute atomic E-state index is 11.9. The van der Waals surface area contributed by atoms with Crippen LogP contribution in [0.4, 0.5) is 13.2 Å². The molecule has 1 saturated carbocycles. The Hall–Kier alpha value is -1.31. The highest BCUT2D eigenvalue weighted by molar-refractivity contribution is 5.82. The molecule has 0 spiro atoms. The number of piperidine rings is 1. The van der Waals surface area contributed by atoms with E-state index in [4.69, 9.17) is 9.90 Å². The van der Waals surface area contributed by atoms with Crippen LogP contribution in [0, 0.1) is 17.8 Å². The maximum atomic E-state index is 11.9. The fourth-order valence-corrected chi connectivity index (χ4v) is 2.53. The number of amides is 1. The highest BCUT2D eigenvalue weighted by Crippen LogP contribution is 2.49. The number of rotatable bonds is 3. The molecule has 0 unspecified atom stereocenters. The number of nitrogens with one attached hydrogen (secondary N) is 1. The topological polar surface area (TPSA) is 69.6 Å². The summed E-state index contributed by atoms with van der Waals surface area (Å²) in [7, 11) is 0. The average Bonchev–Trinajstić information content (AvgIpc) is 2.83. The lowest BCUT2D eigenvalue weighted by Crippen LogP contribution is -2.34. The highest BCUT2D eigenvalue weighted by Gasteiger charge is 2.57. The summed E-state index contributed by atoms with van der Waals surface area (Å²) in [5.74, 6) is -0.684. The average molecular weight is 296 g/mol. The fraction of sp³-hybridized carbons (Fsp3) is 0.833. The monoisotopic (exact) mass is 296 g/mol. The Morgan fingerprint density at radius 2 is 1.60 bits per heavy atom. The Labute approximate surface area is 115 Å². The summed E-state index contributed by atoms with van der Waals surface area (Å²) >= 11 is 0. The molecule has 5 nitrogen and oxygen atoms in total. The van der Waals surface area contributed by atoms with E-state index < -0.39 is 12.1 Å². The maximum Gasteiger partial charge on any atom is 0.490 e. The van der Waals surface area contributed by atoms with Gasteiger partial charge >= 0.3 is 12.1 Å². The minimum atomic E-state index is -5.08. The van der Waals surface area contributed by atoms with Crippen molar-refractivity contribution in [2.75, 3.05) is 26.2 Å². The molecule has 116 valence electrons. The van der Waals surface area contributed by atoms with Crippen LogP contribution in [0.2, 0.25) is 0 Å². The lowest BCUT2D eigenvalue weighted by molar-refractivity contribution is -0.192.